The lowest BCUT2D eigenvalue weighted by molar-refractivity contribution is 0.0997. The number of para-hydroxylation sites is 1. The number of nitrogens with one attached hydrogen (secondary N) is 1. The average Bonchev–Trinajstić information content (AvgIpc) is 3.19. The number of amides is 1. The van der Waals surface area contributed by atoms with E-state index in [4.69, 9.17) is 9.47 Å². The molecule has 1 aromatic heterocycles. The van der Waals surface area contributed by atoms with Crippen LogP contribution in [0.2, 0.25) is 0 Å². The van der Waals surface area contributed by atoms with Gasteiger partial charge in [0.1, 0.15) is 5.75 Å². The third-order valence-electron chi connectivity index (χ3n) is 5.04. The Morgan fingerprint density at radius 1 is 1.03 bits per heavy atom. The van der Waals surface area contributed by atoms with Gasteiger partial charge >= 0.3 is 0 Å². The third kappa shape index (κ3) is 5.19. The van der Waals surface area contributed by atoms with Crippen LogP contribution in [0.4, 0.5) is 5.69 Å². The molecule has 1 heterocycles. The maximum Gasteiger partial charge on any atom is 0.279 e. The molecule has 0 saturated heterocycles. The second-order valence-electron chi connectivity index (χ2n) is 7.28. The monoisotopic (exact) mass is 497 g/mol. The number of fused-ring (bicyclic) bond motifs is 1. The fraction of sp³-hybridized carbons (Fsp3) is 0.167. The number of thiazole rings is 1. The van der Waals surface area contributed by atoms with E-state index in [0.29, 0.717) is 23.7 Å². The molecule has 0 saturated carbocycles. The van der Waals surface area contributed by atoms with Gasteiger partial charge in [0, 0.05) is 24.9 Å². The normalized spacial score (nSPS) is 12.1. The van der Waals surface area contributed by atoms with Gasteiger partial charge in [0.05, 0.1) is 28.8 Å². The number of methoxy groups -OCH3 is 2. The molecule has 3 aromatic carbocycles. The van der Waals surface area contributed by atoms with Crippen molar-refractivity contribution in [2.75, 3.05) is 25.5 Å². The van der Waals surface area contributed by atoms with Gasteiger partial charge in [0.15, 0.2) is 4.80 Å². The highest BCUT2D eigenvalue weighted by molar-refractivity contribution is 7.92. The fourth-order valence-corrected chi connectivity index (χ4v) is 5.44. The fourth-order valence-electron chi connectivity index (χ4n) is 3.34. The molecule has 0 aliphatic carbocycles. The Balaban J connectivity index is 1.63. The molecule has 34 heavy (non-hydrogen) atoms. The quantitative estimate of drug-likeness (QED) is 0.398. The van der Waals surface area contributed by atoms with Crippen LogP contribution in [0.25, 0.3) is 10.2 Å². The highest BCUT2D eigenvalue weighted by Gasteiger charge is 2.16. The Morgan fingerprint density at radius 2 is 1.79 bits per heavy atom. The maximum atomic E-state index is 13.0. The Bertz CT molecular complexity index is 1490. The van der Waals surface area contributed by atoms with Crippen LogP contribution in [0, 0.1) is 0 Å². The Hall–Kier alpha value is -3.47. The van der Waals surface area contributed by atoms with Crippen LogP contribution in [0.15, 0.2) is 82.7 Å². The molecular weight excluding hydrogens is 474 g/mol. The molecule has 176 valence electrons. The number of carbonyl (C=O) groups excluding carboxylic acids is 1. The zero-order valence-electron chi connectivity index (χ0n) is 18.6. The smallest absolute Gasteiger partial charge is 0.279 e. The van der Waals surface area contributed by atoms with Crippen molar-refractivity contribution in [3.63, 3.8) is 0 Å². The van der Waals surface area contributed by atoms with E-state index in [2.05, 4.69) is 9.71 Å². The van der Waals surface area contributed by atoms with Crippen LogP contribution in [-0.4, -0.2) is 39.7 Å². The molecule has 0 bridgehead atoms. The van der Waals surface area contributed by atoms with E-state index in [9.17, 15) is 13.2 Å². The third-order valence-corrected chi connectivity index (χ3v) is 7.49. The number of carbonyl (C=O) groups is 1. The summed E-state index contributed by atoms with van der Waals surface area (Å²) in [5.41, 5.74) is 1.50. The molecule has 4 aromatic rings. The largest absolute Gasteiger partial charge is 0.497 e. The van der Waals surface area contributed by atoms with Gasteiger partial charge < -0.3 is 14.0 Å². The van der Waals surface area contributed by atoms with Gasteiger partial charge in [-0.25, -0.2) is 8.42 Å². The van der Waals surface area contributed by atoms with E-state index in [1.54, 1.807) is 37.4 Å². The SMILES string of the molecule is COCCn1c(=NC(=O)c2cccc(NS(=O)(=O)c3ccc(OC)cc3)c2)sc2ccccc21. The molecule has 1 N–H and O–H groups in total. The number of nitrogens with zero attached hydrogens (tertiary/aromatic N) is 2. The van der Waals surface area contributed by atoms with Gasteiger partial charge in [-0.05, 0) is 54.6 Å². The number of rotatable bonds is 8. The van der Waals surface area contributed by atoms with Gasteiger partial charge in [-0.15, -0.1) is 0 Å². The molecule has 0 radical (unpaired) electrons. The van der Waals surface area contributed by atoms with E-state index >= 15 is 0 Å². The molecule has 0 aliphatic heterocycles. The van der Waals surface area contributed by atoms with Crippen molar-refractivity contribution in [3.05, 3.63) is 83.2 Å². The summed E-state index contributed by atoms with van der Waals surface area (Å²) < 4.78 is 41.2. The predicted octanol–water partition coefficient (Wildman–Crippen LogP) is 3.90. The topological polar surface area (TPSA) is 99.0 Å². The first-order valence-corrected chi connectivity index (χ1v) is 12.6. The number of benzene rings is 3. The molecule has 0 atom stereocenters. The maximum absolute atomic E-state index is 13.0. The molecule has 1 amide bonds. The standard InChI is InChI=1S/C24H23N3O5S2/c1-31-15-14-27-21-8-3-4-9-22(21)33-24(27)25-23(28)17-6-5-7-18(16-17)26-34(29,30)20-12-10-19(32-2)11-13-20/h3-13,16,26H,14-15H2,1-2H3. The lowest BCUT2D eigenvalue weighted by Gasteiger charge is -2.09. The summed E-state index contributed by atoms with van der Waals surface area (Å²) in [6, 6.07) is 20.1. The highest BCUT2D eigenvalue weighted by atomic mass is 32.2. The van der Waals surface area contributed by atoms with E-state index in [-0.39, 0.29) is 16.1 Å². The minimum absolute atomic E-state index is 0.0826. The van der Waals surface area contributed by atoms with Crippen LogP contribution in [0.1, 0.15) is 10.4 Å². The van der Waals surface area contributed by atoms with Crippen molar-refractivity contribution in [2.45, 2.75) is 11.4 Å². The van der Waals surface area contributed by atoms with Gasteiger partial charge in [-0.1, -0.05) is 29.5 Å². The molecule has 8 nitrogen and oxygen atoms in total. The molecule has 0 aliphatic rings. The van der Waals surface area contributed by atoms with Crippen LogP contribution in [-0.2, 0) is 21.3 Å². The average molecular weight is 498 g/mol. The molecule has 0 fully saturated rings. The number of hydrogen-bond acceptors (Lipinski definition) is 6. The summed E-state index contributed by atoms with van der Waals surface area (Å²) in [6.45, 7) is 1.03. The number of hydrogen-bond donors (Lipinski definition) is 1. The van der Waals surface area contributed by atoms with Crippen molar-refractivity contribution >= 4 is 43.2 Å². The van der Waals surface area contributed by atoms with Crippen molar-refractivity contribution in [3.8, 4) is 5.75 Å². The second kappa shape index (κ2) is 10.2. The minimum atomic E-state index is -3.84. The van der Waals surface area contributed by atoms with Crippen LogP contribution in [0.5, 0.6) is 5.75 Å². The first kappa shape index (κ1) is 23.7. The highest BCUT2D eigenvalue weighted by Crippen LogP contribution is 2.21. The Kier molecular flexibility index (Phi) is 7.11. The van der Waals surface area contributed by atoms with E-state index < -0.39 is 15.9 Å². The van der Waals surface area contributed by atoms with E-state index in [1.807, 2.05) is 28.8 Å². The van der Waals surface area contributed by atoms with Crippen molar-refractivity contribution in [1.29, 1.82) is 0 Å². The van der Waals surface area contributed by atoms with Crippen molar-refractivity contribution < 1.29 is 22.7 Å². The summed E-state index contributed by atoms with van der Waals surface area (Å²) in [5, 5.41) is 0. The first-order valence-electron chi connectivity index (χ1n) is 10.3. The molecule has 0 unspecified atom stereocenters. The molecule has 10 heteroatoms. The number of anilines is 1. The molecule has 4 rings (SSSR count). The van der Waals surface area contributed by atoms with Crippen LogP contribution >= 0.6 is 11.3 Å². The van der Waals surface area contributed by atoms with Gasteiger partial charge in [0.25, 0.3) is 15.9 Å². The van der Waals surface area contributed by atoms with Crippen molar-refractivity contribution in [2.24, 2.45) is 4.99 Å². The zero-order chi connectivity index (χ0) is 24.1. The van der Waals surface area contributed by atoms with E-state index in [1.165, 1.54) is 36.6 Å². The summed E-state index contributed by atoms with van der Waals surface area (Å²) in [5.74, 6) is 0.0837. The zero-order valence-corrected chi connectivity index (χ0v) is 20.2. The first-order chi connectivity index (χ1) is 16.4. The van der Waals surface area contributed by atoms with Gasteiger partial charge in [-0.3, -0.25) is 9.52 Å². The number of ether oxygens (including phenoxy) is 2. The Labute approximate surface area is 201 Å². The summed E-state index contributed by atoms with van der Waals surface area (Å²) >= 11 is 1.41. The predicted molar refractivity (Wildman–Crippen MR) is 132 cm³/mol. The molecular formula is C24H23N3O5S2. The van der Waals surface area contributed by atoms with Gasteiger partial charge in [0.2, 0.25) is 0 Å². The lowest BCUT2D eigenvalue weighted by Crippen LogP contribution is -2.19. The Morgan fingerprint density at radius 3 is 2.53 bits per heavy atom. The number of sulfonamides is 1. The second-order valence-corrected chi connectivity index (χ2v) is 9.97. The lowest BCUT2D eigenvalue weighted by atomic mass is 10.2. The van der Waals surface area contributed by atoms with Gasteiger partial charge in [-0.2, -0.15) is 4.99 Å². The number of aromatic nitrogens is 1. The summed E-state index contributed by atoms with van der Waals surface area (Å²) in [6.07, 6.45) is 0. The molecule has 0 spiro atoms. The summed E-state index contributed by atoms with van der Waals surface area (Å²) in [4.78, 5) is 17.9. The van der Waals surface area contributed by atoms with Crippen molar-refractivity contribution in [1.82, 2.24) is 4.57 Å². The minimum Gasteiger partial charge on any atom is -0.497 e. The van der Waals surface area contributed by atoms with E-state index in [0.717, 1.165) is 10.2 Å². The van der Waals surface area contributed by atoms with Crippen LogP contribution < -0.4 is 14.3 Å². The van der Waals surface area contributed by atoms with Crippen LogP contribution in [0.3, 0.4) is 0 Å². The summed E-state index contributed by atoms with van der Waals surface area (Å²) in [7, 11) is -0.710.